The van der Waals surface area contributed by atoms with Crippen LogP contribution in [0.3, 0.4) is 0 Å². The molecule has 0 aromatic carbocycles. The summed E-state index contributed by atoms with van der Waals surface area (Å²) in [5.74, 6) is 0.157. The fourth-order valence-corrected chi connectivity index (χ4v) is 4.17. The van der Waals surface area contributed by atoms with Crippen LogP contribution in [0.15, 0.2) is 0 Å². The van der Waals surface area contributed by atoms with E-state index in [1.165, 1.54) is 17.7 Å². The van der Waals surface area contributed by atoms with Crippen LogP contribution in [-0.4, -0.2) is 71.8 Å². The van der Waals surface area contributed by atoms with Gasteiger partial charge in [0.25, 0.3) is 5.91 Å². The molecule has 26 heavy (non-hydrogen) atoms. The average Bonchev–Trinajstić information content (AvgIpc) is 3.00. The van der Waals surface area contributed by atoms with Crippen molar-refractivity contribution in [3.8, 4) is 0 Å². The first-order valence-electron chi connectivity index (χ1n) is 10.4. The number of rotatable bonds is 7. The molecular weight excluding hydrogens is 326 g/mol. The van der Waals surface area contributed by atoms with Gasteiger partial charge in [-0.3, -0.25) is 9.48 Å². The maximum absolute atomic E-state index is 13.1. The minimum atomic E-state index is 0.157. The van der Waals surface area contributed by atoms with Crippen molar-refractivity contribution in [2.45, 2.75) is 64.5 Å². The van der Waals surface area contributed by atoms with Crippen LogP contribution in [0.4, 0.5) is 0 Å². The summed E-state index contributed by atoms with van der Waals surface area (Å²) in [6.45, 7) is 6.89. The third-order valence-corrected chi connectivity index (χ3v) is 5.62. The van der Waals surface area contributed by atoms with E-state index in [9.17, 15) is 4.79 Å². The van der Waals surface area contributed by atoms with Crippen molar-refractivity contribution in [1.82, 2.24) is 24.9 Å². The number of nitrogens with zero attached hydrogens (tertiary/aromatic N) is 4. The molecule has 1 aliphatic heterocycles. The quantitative estimate of drug-likeness (QED) is 0.806. The molecule has 1 N–H and O–H groups in total. The van der Waals surface area contributed by atoms with E-state index in [2.05, 4.69) is 35.9 Å². The molecule has 1 atom stereocenters. The topological polar surface area (TPSA) is 53.4 Å². The molecule has 0 saturated carbocycles. The third kappa shape index (κ3) is 4.46. The Balaban J connectivity index is 1.76. The molecule has 1 amide bonds. The maximum atomic E-state index is 13.1. The van der Waals surface area contributed by atoms with Gasteiger partial charge in [-0.25, -0.2) is 0 Å². The van der Waals surface area contributed by atoms with Gasteiger partial charge >= 0.3 is 0 Å². The summed E-state index contributed by atoms with van der Waals surface area (Å²) in [5.41, 5.74) is 3.25. The monoisotopic (exact) mass is 361 g/mol. The Hall–Kier alpha value is -1.40. The van der Waals surface area contributed by atoms with Crippen LogP contribution in [0.2, 0.25) is 0 Å². The number of likely N-dealkylation sites (tertiary alicyclic amines) is 1. The van der Waals surface area contributed by atoms with E-state index < -0.39 is 0 Å². The van der Waals surface area contributed by atoms with Gasteiger partial charge < -0.3 is 15.1 Å². The highest BCUT2D eigenvalue weighted by Gasteiger charge is 2.31. The summed E-state index contributed by atoms with van der Waals surface area (Å²) >= 11 is 0. The van der Waals surface area contributed by atoms with Gasteiger partial charge in [-0.1, -0.05) is 6.92 Å². The number of aromatic nitrogens is 2. The summed E-state index contributed by atoms with van der Waals surface area (Å²) in [6.07, 6.45) is 7.63. The van der Waals surface area contributed by atoms with Crippen molar-refractivity contribution < 1.29 is 4.79 Å². The molecule has 0 radical (unpaired) electrons. The predicted molar refractivity (Wildman–Crippen MR) is 105 cm³/mol. The molecule has 1 saturated heterocycles. The Morgan fingerprint density at radius 2 is 2.04 bits per heavy atom. The molecule has 0 bridgehead atoms. The second-order valence-corrected chi connectivity index (χ2v) is 8.05. The number of carbonyl (C=O) groups is 1. The van der Waals surface area contributed by atoms with E-state index in [-0.39, 0.29) is 5.91 Å². The number of hydrogen-bond donors (Lipinski definition) is 1. The lowest BCUT2D eigenvalue weighted by Gasteiger charge is -2.28. The van der Waals surface area contributed by atoms with Crippen LogP contribution in [0.5, 0.6) is 0 Å². The predicted octanol–water partition coefficient (Wildman–Crippen LogP) is 1.93. The summed E-state index contributed by atoms with van der Waals surface area (Å²) in [4.78, 5) is 17.3. The van der Waals surface area contributed by atoms with E-state index in [0.29, 0.717) is 6.04 Å². The molecule has 1 aliphatic carbocycles. The van der Waals surface area contributed by atoms with E-state index >= 15 is 0 Å². The van der Waals surface area contributed by atoms with Crippen LogP contribution in [0.25, 0.3) is 0 Å². The molecule has 6 heteroatoms. The zero-order valence-corrected chi connectivity index (χ0v) is 16.8. The molecule has 1 unspecified atom stereocenters. The molecule has 1 aromatic rings. The fourth-order valence-electron chi connectivity index (χ4n) is 4.17. The van der Waals surface area contributed by atoms with Gasteiger partial charge in [0.2, 0.25) is 0 Å². The highest BCUT2D eigenvalue weighted by molar-refractivity contribution is 5.94. The number of aryl methyl sites for hydroxylation is 1. The van der Waals surface area contributed by atoms with Crippen LogP contribution < -0.4 is 5.32 Å². The van der Waals surface area contributed by atoms with E-state index in [4.69, 9.17) is 5.10 Å². The van der Waals surface area contributed by atoms with Gasteiger partial charge in [0, 0.05) is 50.0 Å². The second kappa shape index (κ2) is 9.00. The van der Waals surface area contributed by atoms with Crippen LogP contribution >= 0.6 is 0 Å². The molecular formula is C20H35N5O. The molecule has 3 rings (SSSR count). The largest absolute Gasteiger partial charge is 0.337 e. The lowest BCUT2D eigenvalue weighted by Crippen LogP contribution is -2.40. The summed E-state index contributed by atoms with van der Waals surface area (Å²) < 4.78 is 2.11. The van der Waals surface area contributed by atoms with Crippen LogP contribution in [-0.2, 0) is 19.4 Å². The second-order valence-electron chi connectivity index (χ2n) is 8.05. The molecule has 1 aromatic heterocycles. The van der Waals surface area contributed by atoms with Gasteiger partial charge in [0.05, 0.1) is 0 Å². The summed E-state index contributed by atoms with van der Waals surface area (Å²) in [6, 6.07) is 0.453. The average molecular weight is 362 g/mol. The van der Waals surface area contributed by atoms with Gasteiger partial charge in [-0.05, 0) is 59.0 Å². The zero-order valence-electron chi connectivity index (χ0n) is 16.8. The lowest BCUT2D eigenvalue weighted by atomic mass is 9.91. The Labute approximate surface area is 157 Å². The molecule has 1 fully saturated rings. The number of likely N-dealkylation sites (N-methyl/N-ethyl adjacent to an activating group) is 1. The van der Waals surface area contributed by atoms with Gasteiger partial charge in [0.15, 0.2) is 5.69 Å². The third-order valence-electron chi connectivity index (χ3n) is 5.62. The van der Waals surface area contributed by atoms with Gasteiger partial charge in [-0.15, -0.1) is 0 Å². The maximum Gasteiger partial charge on any atom is 0.274 e. The minimum absolute atomic E-state index is 0.157. The Morgan fingerprint density at radius 1 is 1.27 bits per heavy atom. The van der Waals surface area contributed by atoms with Crippen molar-refractivity contribution in [3.63, 3.8) is 0 Å². The minimum Gasteiger partial charge on any atom is -0.337 e. The van der Waals surface area contributed by atoms with Crippen molar-refractivity contribution in [2.24, 2.45) is 0 Å². The number of hydrogen-bond acceptors (Lipinski definition) is 4. The normalized spacial score (nSPS) is 20.5. The van der Waals surface area contributed by atoms with E-state index in [1.54, 1.807) is 0 Å². The first-order valence-corrected chi connectivity index (χ1v) is 10.4. The Morgan fingerprint density at radius 3 is 2.73 bits per heavy atom. The van der Waals surface area contributed by atoms with Crippen molar-refractivity contribution in [2.75, 3.05) is 40.3 Å². The molecule has 146 valence electrons. The van der Waals surface area contributed by atoms with E-state index in [0.717, 1.165) is 76.9 Å². The molecule has 0 spiro atoms. The number of fused-ring (bicyclic) bond motifs is 1. The van der Waals surface area contributed by atoms with Gasteiger partial charge in [0.1, 0.15) is 0 Å². The van der Waals surface area contributed by atoms with Crippen LogP contribution in [0.1, 0.15) is 60.8 Å². The number of amides is 1. The molecule has 2 heterocycles. The Bertz CT molecular complexity index is 604. The summed E-state index contributed by atoms with van der Waals surface area (Å²) in [7, 11) is 4.20. The highest BCUT2D eigenvalue weighted by atomic mass is 16.2. The smallest absolute Gasteiger partial charge is 0.274 e. The van der Waals surface area contributed by atoms with Gasteiger partial charge in [-0.2, -0.15) is 5.10 Å². The standard InChI is InChI=1S/C20H35N5O/c1-4-11-25-18-9-8-16(21-10-14-23(2)3)15-17(18)19(22-25)20(26)24-12-6-5-7-13-24/h16,21H,4-15H2,1-3H3. The lowest BCUT2D eigenvalue weighted by molar-refractivity contribution is 0.0716. The summed E-state index contributed by atoms with van der Waals surface area (Å²) in [5, 5.41) is 8.47. The van der Waals surface area contributed by atoms with Crippen molar-refractivity contribution in [3.05, 3.63) is 17.0 Å². The van der Waals surface area contributed by atoms with E-state index in [1.807, 2.05) is 4.90 Å². The number of nitrogens with one attached hydrogen (secondary N) is 1. The first-order chi connectivity index (χ1) is 12.6. The Kier molecular flexibility index (Phi) is 6.70. The van der Waals surface area contributed by atoms with Crippen LogP contribution in [0, 0.1) is 0 Å². The number of piperidine rings is 1. The highest BCUT2D eigenvalue weighted by Crippen LogP contribution is 2.27. The first kappa shape index (κ1) is 19.4. The van der Waals surface area contributed by atoms with Crippen molar-refractivity contribution in [1.29, 1.82) is 0 Å². The molecule has 2 aliphatic rings. The fraction of sp³-hybridized carbons (Fsp3) is 0.800. The van der Waals surface area contributed by atoms with Crippen molar-refractivity contribution >= 4 is 5.91 Å². The zero-order chi connectivity index (χ0) is 18.5. The molecule has 6 nitrogen and oxygen atoms in total. The number of carbonyl (C=O) groups excluding carboxylic acids is 1. The SMILES string of the molecule is CCCn1nc(C(=O)N2CCCCC2)c2c1CCC(NCCN(C)C)C2.